The molecule has 4 rings (SSSR count). The Bertz CT molecular complexity index is 1010. The molecule has 1 saturated heterocycles. The van der Waals surface area contributed by atoms with Gasteiger partial charge in [0, 0.05) is 20.7 Å². The number of anilines is 1. The first kappa shape index (κ1) is 28.7. The summed E-state index contributed by atoms with van der Waals surface area (Å²) in [6.07, 6.45) is 13.5. The molecule has 222 valence electrons. The number of aromatic nitrogens is 1. The van der Waals surface area contributed by atoms with Crippen molar-refractivity contribution in [2.45, 2.75) is 122 Å². The minimum Gasteiger partial charge on any atom is -0.444 e. The standard InChI is InChI=1S/C31H49N5O4/c1-31(2,3)40-30(39)35-27(26(22-11-6-4-7-12-22)23-13-8-5-9-14-23)29(38)36-18-10-15-24(36)28(37)34-20-21-16-17-25(32)33-19-21/h16-17,19,22-24,26-27H,4-15,18,20H2,1-3H3,(H2,32,33)(H,34,37)(H,35,39)/t24-,27-/m0/s1/i1D. The molecule has 0 unspecified atom stereocenters. The van der Waals surface area contributed by atoms with E-state index < -0.39 is 23.8 Å². The summed E-state index contributed by atoms with van der Waals surface area (Å²) in [6.45, 7) is 4.11. The second kappa shape index (κ2) is 13.7. The summed E-state index contributed by atoms with van der Waals surface area (Å²) < 4.78 is 13.4. The number of amides is 3. The first-order chi connectivity index (χ1) is 19.7. The number of carbonyl (C=O) groups is 3. The lowest BCUT2D eigenvalue weighted by molar-refractivity contribution is -0.142. The molecule has 2 aliphatic carbocycles. The second-order valence-electron chi connectivity index (χ2n) is 12.6. The zero-order valence-corrected chi connectivity index (χ0v) is 24.3. The van der Waals surface area contributed by atoms with Crippen molar-refractivity contribution in [3.8, 4) is 0 Å². The number of likely N-dealkylation sites (tertiary alicyclic amines) is 1. The molecule has 0 bridgehead atoms. The molecule has 0 spiro atoms. The van der Waals surface area contributed by atoms with Crippen LogP contribution in [-0.4, -0.2) is 52.0 Å². The third-order valence-corrected chi connectivity index (χ3v) is 8.83. The van der Waals surface area contributed by atoms with Crippen molar-refractivity contribution >= 4 is 23.7 Å². The van der Waals surface area contributed by atoms with E-state index in [0.29, 0.717) is 37.2 Å². The molecule has 3 aliphatic rings. The molecule has 40 heavy (non-hydrogen) atoms. The van der Waals surface area contributed by atoms with Gasteiger partial charge in [0.05, 0.1) is 0 Å². The lowest BCUT2D eigenvalue weighted by Crippen LogP contribution is -2.58. The molecule has 9 heteroatoms. The van der Waals surface area contributed by atoms with E-state index in [-0.39, 0.29) is 24.6 Å². The van der Waals surface area contributed by atoms with Crippen LogP contribution < -0.4 is 16.4 Å². The highest BCUT2D eigenvalue weighted by Gasteiger charge is 2.46. The number of nitrogens with one attached hydrogen (secondary N) is 2. The molecule has 2 atom stereocenters. The third kappa shape index (κ3) is 8.10. The van der Waals surface area contributed by atoms with E-state index in [0.717, 1.165) is 63.4 Å². The number of hydrogen-bond donors (Lipinski definition) is 3. The zero-order chi connectivity index (χ0) is 29.4. The summed E-state index contributed by atoms with van der Waals surface area (Å²) in [5.41, 5.74) is 5.55. The molecular weight excluding hydrogens is 506 g/mol. The summed E-state index contributed by atoms with van der Waals surface area (Å²) in [7, 11) is 0. The van der Waals surface area contributed by atoms with E-state index in [1.165, 1.54) is 12.8 Å². The number of alkyl carbamates (subject to hydrolysis) is 1. The van der Waals surface area contributed by atoms with Crippen LogP contribution in [0.15, 0.2) is 18.3 Å². The summed E-state index contributed by atoms with van der Waals surface area (Å²) in [5.74, 6) is 0.729. The van der Waals surface area contributed by atoms with Gasteiger partial charge in [0.25, 0.3) is 0 Å². The topological polar surface area (TPSA) is 127 Å². The van der Waals surface area contributed by atoms with Crippen LogP contribution >= 0.6 is 0 Å². The first-order valence-electron chi connectivity index (χ1n) is 16.0. The van der Waals surface area contributed by atoms with E-state index in [1.807, 2.05) is 6.07 Å². The molecule has 3 amide bonds. The Morgan fingerprint density at radius 1 is 1.05 bits per heavy atom. The van der Waals surface area contributed by atoms with Crippen molar-refractivity contribution in [2.75, 3.05) is 12.3 Å². The fraction of sp³-hybridized carbons (Fsp3) is 0.742. The van der Waals surface area contributed by atoms with Gasteiger partial charge in [-0.05, 0) is 63.0 Å². The average molecular weight is 557 g/mol. The second-order valence-corrected chi connectivity index (χ2v) is 12.6. The van der Waals surface area contributed by atoms with Crippen molar-refractivity contribution in [1.29, 1.82) is 0 Å². The van der Waals surface area contributed by atoms with Gasteiger partial charge in [-0.15, -0.1) is 0 Å². The van der Waals surface area contributed by atoms with Gasteiger partial charge < -0.3 is 26.0 Å². The molecule has 9 nitrogen and oxygen atoms in total. The normalized spacial score (nSPS) is 22.0. The number of ether oxygens (including phenoxy) is 1. The minimum absolute atomic E-state index is 0.0000679. The van der Waals surface area contributed by atoms with Crippen LogP contribution in [0.2, 0.25) is 0 Å². The molecular formula is C31H49N5O4. The number of nitrogens with two attached hydrogens (primary N) is 1. The molecule has 3 fully saturated rings. The molecule has 2 heterocycles. The van der Waals surface area contributed by atoms with Gasteiger partial charge in [-0.25, -0.2) is 9.78 Å². The third-order valence-electron chi connectivity index (χ3n) is 8.83. The Hall–Kier alpha value is -2.84. The zero-order valence-electron chi connectivity index (χ0n) is 25.3. The summed E-state index contributed by atoms with van der Waals surface area (Å²) >= 11 is 0. The Kier molecular flexibility index (Phi) is 9.81. The molecule has 1 aromatic rings. The van der Waals surface area contributed by atoms with Gasteiger partial charge in [-0.1, -0.05) is 70.3 Å². The van der Waals surface area contributed by atoms with Crippen LogP contribution in [0.25, 0.3) is 0 Å². The van der Waals surface area contributed by atoms with Crippen LogP contribution in [0.1, 0.15) is 105 Å². The van der Waals surface area contributed by atoms with Crippen LogP contribution in [0, 0.1) is 17.8 Å². The maximum Gasteiger partial charge on any atom is 0.408 e. The number of nitrogens with zero attached hydrogens (tertiary/aromatic N) is 2. The maximum atomic E-state index is 14.5. The SMILES string of the molecule is [2H]CC(C)(C)OC(=O)N[C@H](C(=O)N1CCC[C@H]1C(=O)NCc1ccc(N)nc1)C(C1CCCCC1)C1CCCCC1. The highest BCUT2D eigenvalue weighted by atomic mass is 16.6. The number of carbonyl (C=O) groups excluding carboxylic acids is 3. The Morgan fingerprint density at radius 3 is 2.27 bits per heavy atom. The smallest absolute Gasteiger partial charge is 0.408 e. The first-order valence-corrected chi connectivity index (χ1v) is 15.3. The molecule has 4 N–H and O–H groups in total. The molecule has 1 aliphatic heterocycles. The van der Waals surface area contributed by atoms with Crippen LogP contribution in [0.5, 0.6) is 0 Å². The molecule has 2 saturated carbocycles. The van der Waals surface area contributed by atoms with Crippen molar-refractivity contribution in [3.63, 3.8) is 0 Å². The van der Waals surface area contributed by atoms with Crippen LogP contribution in [-0.2, 0) is 20.9 Å². The number of rotatable bonds is 8. The number of nitrogen functional groups attached to an aromatic ring is 1. The highest BCUT2D eigenvalue weighted by Crippen LogP contribution is 2.42. The highest BCUT2D eigenvalue weighted by molar-refractivity contribution is 5.92. The predicted molar refractivity (Wildman–Crippen MR) is 155 cm³/mol. The quantitative estimate of drug-likeness (QED) is 0.416. The number of hydrogen-bond acceptors (Lipinski definition) is 6. The number of pyridine rings is 1. The molecule has 0 aromatic carbocycles. The lowest BCUT2D eigenvalue weighted by Gasteiger charge is -2.43. The summed E-state index contributed by atoms with van der Waals surface area (Å²) in [5, 5.41) is 5.99. The van der Waals surface area contributed by atoms with Gasteiger partial charge in [-0.2, -0.15) is 0 Å². The van der Waals surface area contributed by atoms with Crippen molar-refractivity contribution < 1.29 is 20.5 Å². The van der Waals surface area contributed by atoms with E-state index in [4.69, 9.17) is 11.8 Å². The van der Waals surface area contributed by atoms with Crippen LogP contribution in [0.3, 0.4) is 0 Å². The van der Waals surface area contributed by atoms with Crippen molar-refractivity contribution in [2.24, 2.45) is 17.8 Å². The average Bonchev–Trinajstić information content (AvgIpc) is 3.47. The Labute approximate surface area is 240 Å². The van der Waals surface area contributed by atoms with Crippen molar-refractivity contribution in [1.82, 2.24) is 20.5 Å². The van der Waals surface area contributed by atoms with Gasteiger partial charge in [0.15, 0.2) is 0 Å². The monoisotopic (exact) mass is 556 g/mol. The maximum absolute atomic E-state index is 14.5. The van der Waals surface area contributed by atoms with E-state index in [9.17, 15) is 14.4 Å². The van der Waals surface area contributed by atoms with Gasteiger partial charge in [-0.3, -0.25) is 9.59 Å². The van der Waals surface area contributed by atoms with Gasteiger partial charge in [0.2, 0.25) is 11.8 Å². The van der Waals surface area contributed by atoms with E-state index in [2.05, 4.69) is 15.6 Å². The Morgan fingerprint density at radius 2 is 1.70 bits per heavy atom. The van der Waals surface area contributed by atoms with Crippen molar-refractivity contribution in [3.05, 3.63) is 23.9 Å². The minimum atomic E-state index is -0.962. The fourth-order valence-corrected chi connectivity index (χ4v) is 7.03. The van der Waals surface area contributed by atoms with Gasteiger partial charge in [0.1, 0.15) is 23.5 Å². The molecule has 1 aromatic heterocycles. The van der Waals surface area contributed by atoms with E-state index >= 15 is 0 Å². The predicted octanol–water partition coefficient (Wildman–Crippen LogP) is 4.94. The summed E-state index contributed by atoms with van der Waals surface area (Å²) in [4.78, 5) is 46.9. The lowest BCUT2D eigenvalue weighted by atomic mass is 9.66. The van der Waals surface area contributed by atoms with Crippen LogP contribution in [0.4, 0.5) is 10.6 Å². The Balaban J connectivity index is 1.57. The fourth-order valence-electron chi connectivity index (χ4n) is 7.03. The molecule has 0 radical (unpaired) electrons. The van der Waals surface area contributed by atoms with Gasteiger partial charge >= 0.3 is 6.09 Å². The largest absolute Gasteiger partial charge is 0.444 e. The van der Waals surface area contributed by atoms with E-state index in [1.54, 1.807) is 31.0 Å². The summed E-state index contributed by atoms with van der Waals surface area (Å²) in [6, 6.07) is 2.17.